The van der Waals surface area contributed by atoms with Crippen molar-refractivity contribution in [2.45, 2.75) is 10.7 Å². The fourth-order valence-electron chi connectivity index (χ4n) is 1.55. The molecule has 2 N–H and O–H groups in total. The van der Waals surface area contributed by atoms with Crippen molar-refractivity contribution in [3.05, 3.63) is 23.5 Å². The Labute approximate surface area is 73.4 Å². The van der Waals surface area contributed by atoms with Gasteiger partial charge in [-0.05, 0) is 12.5 Å². The van der Waals surface area contributed by atoms with Crippen LogP contribution in [0.25, 0.3) is 0 Å². The van der Waals surface area contributed by atoms with Gasteiger partial charge in [-0.2, -0.15) is 0 Å². The number of aliphatic hydroxyl groups is 2. The first-order chi connectivity index (χ1) is 5.17. The van der Waals surface area contributed by atoms with E-state index in [1.165, 1.54) is 0 Å². The number of fused-ring (bicyclic) bond motifs is 1. The van der Waals surface area contributed by atoms with Gasteiger partial charge < -0.3 is 10.2 Å². The van der Waals surface area contributed by atoms with Crippen LogP contribution in [0.3, 0.4) is 0 Å². The summed E-state index contributed by atoms with van der Waals surface area (Å²) in [5.74, 6) is 0.558. The first kappa shape index (κ1) is 7.37. The molecular formula is C8H9BrO2. The summed E-state index contributed by atoms with van der Waals surface area (Å²) in [5, 5.41) is 18.2. The van der Waals surface area contributed by atoms with Crippen LogP contribution in [0, 0.1) is 5.92 Å². The molecule has 1 unspecified atom stereocenters. The molecule has 0 bridgehead atoms. The smallest absolute Gasteiger partial charge is 0.117 e. The third-order valence-corrected chi connectivity index (χ3v) is 3.52. The quantitative estimate of drug-likeness (QED) is 0.653. The molecule has 0 amide bonds. The predicted octanol–water partition coefficient (Wildman–Crippen LogP) is 1.51. The van der Waals surface area contributed by atoms with Gasteiger partial charge in [0.05, 0.1) is 10.9 Å². The summed E-state index contributed by atoms with van der Waals surface area (Å²) in [7, 11) is 0. The zero-order valence-corrected chi connectivity index (χ0v) is 7.50. The van der Waals surface area contributed by atoms with E-state index < -0.39 is 0 Å². The van der Waals surface area contributed by atoms with Crippen LogP contribution in [0.5, 0.6) is 0 Å². The molecular weight excluding hydrogens is 208 g/mol. The second-order valence-electron chi connectivity index (χ2n) is 3.09. The van der Waals surface area contributed by atoms with Crippen LogP contribution in [0.4, 0.5) is 0 Å². The fraction of sp³-hybridized carbons (Fsp3) is 0.500. The van der Waals surface area contributed by atoms with E-state index in [1.54, 1.807) is 6.08 Å². The monoisotopic (exact) mass is 216 g/mol. The zero-order valence-electron chi connectivity index (χ0n) is 5.92. The van der Waals surface area contributed by atoms with Crippen molar-refractivity contribution < 1.29 is 10.2 Å². The number of rotatable bonds is 1. The van der Waals surface area contributed by atoms with Gasteiger partial charge in [-0.1, -0.05) is 22.0 Å². The summed E-state index contributed by atoms with van der Waals surface area (Å²) < 4.78 is 0.0529. The van der Waals surface area contributed by atoms with Crippen LogP contribution < -0.4 is 0 Å². The molecule has 60 valence electrons. The molecule has 1 fully saturated rings. The summed E-state index contributed by atoms with van der Waals surface area (Å²) in [6, 6.07) is 0. The molecule has 2 aliphatic rings. The van der Waals surface area contributed by atoms with Gasteiger partial charge in [0.2, 0.25) is 0 Å². The van der Waals surface area contributed by atoms with E-state index in [-0.39, 0.29) is 16.7 Å². The highest BCUT2D eigenvalue weighted by atomic mass is 79.9. The molecule has 2 nitrogen and oxygen atoms in total. The Morgan fingerprint density at radius 2 is 2.45 bits per heavy atom. The summed E-state index contributed by atoms with van der Waals surface area (Å²) >= 11 is 3.53. The highest BCUT2D eigenvalue weighted by Crippen LogP contribution is 2.58. The highest BCUT2D eigenvalue weighted by Gasteiger charge is 2.54. The largest absolute Gasteiger partial charge is 0.508 e. The highest BCUT2D eigenvalue weighted by molar-refractivity contribution is 9.10. The van der Waals surface area contributed by atoms with Crippen molar-refractivity contribution >= 4 is 15.9 Å². The number of halogens is 1. The lowest BCUT2D eigenvalue weighted by molar-refractivity contribution is 0.308. The Morgan fingerprint density at radius 1 is 1.73 bits per heavy atom. The molecule has 2 aliphatic carbocycles. The maximum absolute atomic E-state index is 9.29. The van der Waals surface area contributed by atoms with Crippen LogP contribution in [-0.4, -0.2) is 21.1 Å². The van der Waals surface area contributed by atoms with E-state index in [9.17, 15) is 5.11 Å². The molecule has 0 aromatic rings. The van der Waals surface area contributed by atoms with Gasteiger partial charge in [0, 0.05) is 11.5 Å². The summed E-state index contributed by atoms with van der Waals surface area (Å²) in [5.41, 5.74) is 0.768. The molecule has 3 heteroatoms. The van der Waals surface area contributed by atoms with E-state index >= 15 is 0 Å². The van der Waals surface area contributed by atoms with Crippen molar-refractivity contribution in [2.75, 3.05) is 6.61 Å². The number of hydrogen-bond donors (Lipinski definition) is 2. The van der Waals surface area contributed by atoms with Crippen LogP contribution in [-0.2, 0) is 0 Å². The van der Waals surface area contributed by atoms with Gasteiger partial charge in [0.25, 0.3) is 0 Å². The molecule has 0 saturated heterocycles. The molecule has 2 atom stereocenters. The summed E-state index contributed by atoms with van der Waals surface area (Å²) in [4.78, 5) is 0. The maximum Gasteiger partial charge on any atom is 0.117 e. The lowest BCUT2D eigenvalue weighted by Gasteiger charge is -2.12. The fourth-order valence-corrected chi connectivity index (χ4v) is 2.28. The van der Waals surface area contributed by atoms with E-state index in [0.29, 0.717) is 5.92 Å². The molecule has 0 heterocycles. The normalized spacial score (nSPS) is 40.7. The molecule has 0 aromatic carbocycles. The first-order valence-corrected chi connectivity index (χ1v) is 4.38. The van der Waals surface area contributed by atoms with E-state index in [4.69, 9.17) is 5.11 Å². The Balaban J connectivity index is 2.34. The van der Waals surface area contributed by atoms with Gasteiger partial charge in [-0.3, -0.25) is 0 Å². The minimum absolute atomic E-state index is 0.0335. The minimum atomic E-state index is -0.0335. The Kier molecular flexibility index (Phi) is 1.41. The Hall–Kier alpha value is -0.280. The number of aliphatic hydroxyl groups excluding tert-OH is 2. The number of allylic oxidation sites excluding steroid dienone is 2. The van der Waals surface area contributed by atoms with E-state index in [2.05, 4.69) is 15.9 Å². The Bertz CT molecular complexity index is 257. The second kappa shape index (κ2) is 2.11. The van der Waals surface area contributed by atoms with Gasteiger partial charge in [-0.25, -0.2) is 0 Å². The lowest BCUT2D eigenvalue weighted by Crippen LogP contribution is -2.09. The third-order valence-electron chi connectivity index (χ3n) is 2.37. The summed E-state index contributed by atoms with van der Waals surface area (Å²) in [6.45, 7) is -0.0335. The molecule has 2 rings (SSSR count). The predicted molar refractivity (Wildman–Crippen MR) is 45.6 cm³/mol. The molecule has 0 radical (unpaired) electrons. The van der Waals surface area contributed by atoms with Gasteiger partial charge in [0.15, 0.2) is 0 Å². The number of hydrogen-bond acceptors (Lipinski definition) is 2. The van der Waals surface area contributed by atoms with Crippen LogP contribution in [0.2, 0.25) is 0 Å². The molecule has 0 aromatic heterocycles. The molecule has 0 aliphatic heterocycles. The van der Waals surface area contributed by atoms with Crippen LogP contribution in [0.15, 0.2) is 23.5 Å². The lowest BCUT2D eigenvalue weighted by atomic mass is 10.0. The number of alkyl halides is 1. The third kappa shape index (κ3) is 0.948. The van der Waals surface area contributed by atoms with Crippen molar-refractivity contribution in [3.63, 3.8) is 0 Å². The van der Waals surface area contributed by atoms with E-state index in [0.717, 1.165) is 12.0 Å². The van der Waals surface area contributed by atoms with Crippen molar-refractivity contribution in [1.29, 1.82) is 0 Å². The molecule has 11 heavy (non-hydrogen) atoms. The van der Waals surface area contributed by atoms with Gasteiger partial charge >= 0.3 is 0 Å². The van der Waals surface area contributed by atoms with E-state index in [1.807, 2.05) is 6.08 Å². The average molecular weight is 217 g/mol. The van der Waals surface area contributed by atoms with Crippen molar-refractivity contribution in [1.82, 2.24) is 0 Å². The van der Waals surface area contributed by atoms with Crippen LogP contribution >= 0.6 is 15.9 Å². The van der Waals surface area contributed by atoms with Gasteiger partial charge in [-0.15, -0.1) is 0 Å². The SMILES string of the molecule is OCC1=C(O)C=CC2(Br)C[C@H]12. The first-order valence-electron chi connectivity index (χ1n) is 3.58. The van der Waals surface area contributed by atoms with Crippen molar-refractivity contribution in [3.8, 4) is 0 Å². The summed E-state index contributed by atoms with van der Waals surface area (Å²) in [6.07, 6.45) is 4.60. The average Bonchev–Trinajstić information content (AvgIpc) is 2.62. The minimum Gasteiger partial charge on any atom is -0.508 e. The maximum atomic E-state index is 9.29. The Morgan fingerprint density at radius 3 is 3.00 bits per heavy atom. The standard InChI is InChI=1S/C8H9BrO2/c9-8-2-1-7(11)5(4-10)6(8)3-8/h1-2,6,10-11H,3-4H2/t6-,8?/m1/s1. The van der Waals surface area contributed by atoms with Crippen LogP contribution in [0.1, 0.15) is 6.42 Å². The van der Waals surface area contributed by atoms with Gasteiger partial charge in [0.1, 0.15) is 5.76 Å². The second-order valence-corrected chi connectivity index (χ2v) is 4.56. The zero-order chi connectivity index (χ0) is 8.06. The molecule has 1 saturated carbocycles. The topological polar surface area (TPSA) is 40.5 Å². The molecule has 0 spiro atoms. The van der Waals surface area contributed by atoms with Crippen molar-refractivity contribution in [2.24, 2.45) is 5.92 Å².